The summed E-state index contributed by atoms with van der Waals surface area (Å²) in [5.74, 6) is 0.519. The van der Waals surface area contributed by atoms with Crippen molar-refractivity contribution in [2.45, 2.75) is 45.6 Å². The van der Waals surface area contributed by atoms with Crippen molar-refractivity contribution in [2.24, 2.45) is 5.41 Å². The highest BCUT2D eigenvalue weighted by Crippen LogP contribution is 2.29. The summed E-state index contributed by atoms with van der Waals surface area (Å²) in [5, 5.41) is 17.9. The van der Waals surface area contributed by atoms with Gasteiger partial charge in [-0.2, -0.15) is 10.2 Å². The highest BCUT2D eigenvalue weighted by molar-refractivity contribution is 5.96. The van der Waals surface area contributed by atoms with Crippen LogP contribution in [0.2, 0.25) is 0 Å². The maximum Gasteiger partial charge on any atom is 0.253 e. The van der Waals surface area contributed by atoms with Crippen LogP contribution in [0.4, 0.5) is 5.82 Å². The normalized spacial score (nSPS) is 17.6. The molecular weight excluding hydrogens is 304 g/mol. The molecule has 2 aromatic heterocycles. The molecule has 1 aliphatic heterocycles. The lowest BCUT2D eigenvalue weighted by atomic mass is 9.87. The van der Waals surface area contributed by atoms with Crippen LogP contribution in [-0.2, 0) is 16.8 Å². The average molecular weight is 330 g/mol. The van der Waals surface area contributed by atoms with Crippen LogP contribution >= 0.6 is 0 Å². The molecule has 0 atom stereocenters. The molecule has 1 saturated heterocycles. The SMILES string of the molecule is CC(C)(C)Cc1cc(NC(=O)C2(n3cccn3)CCNCC2)n[nH]1. The van der Waals surface area contributed by atoms with Crippen molar-refractivity contribution in [1.82, 2.24) is 25.3 Å². The molecular formula is C17H26N6O. The first-order valence-electron chi connectivity index (χ1n) is 8.46. The van der Waals surface area contributed by atoms with E-state index in [1.807, 2.05) is 18.3 Å². The summed E-state index contributed by atoms with van der Waals surface area (Å²) in [6, 6.07) is 3.77. The molecule has 0 spiro atoms. The Morgan fingerprint density at radius 2 is 2.12 bits per heavy atom. The number of rotatable bonds is 4. The number of aromatic amines is 1. The third kappa shape index (κ3) is 3.51. The summed E-state index contributed by atoms with van der Waals surface area (Å²) >= 11 is 0. The molecule has 3 N–H and O–H groups in total. The van der Waals surface area contributed by atoms with Crippen LogP contribution in [0.1, 0.15) is 39.3 Å². The topological polar surface area (TPSA) is 87.6 Å². The molecule has 0 saturated carbocycles. The second-order valence-electron chi connectivity index (χ2n) is 7.70. The molecule has 0 aromatic carbocycles. The largest absolute Gasteiger partial charge is 0.317 e. The summed E-state index contributed by atoms with van der Waals surface area (Å²) in [6.07, 6.45) is 5.87. The Balaban J connectivity index is 1.77. The first-order chi connectivity index (χ1) is 11.4. The average Bonchev–Trinajstić information content (AvgIpc) is 3.18. The summed E-state index contributed by atoms with van der Waals surface area (Å²) in [4.78, 5) is 13.0. The van der Waals surface area contributed by atoms with E-state index in [2.05, 4.69) is 46.7 Å². The minimum atomic E-state index is -0.655. The molecule has 0 unspecified atom stereocenters. The zero-order valence-electron chi connectivity index (χ0n) is 14.6. The number of carbonyl (C=O) groups excluding carboxylic acids is 1. The maximum absolute atomic E-state index is 13.0. The Bertz CT molecular complexity index is 676. The van der Waals surface area contributed by atoms with Crippen LogP contribution < -0.4 is 10.6 Å². The fourth-order valence-electron chi connectivity index (χ4n) is 3.24. The van der Waals surface area contributed by atoms with Gasteiger partial charge in [0, 0.05) is 24.2 Å². The van der Waals surface area contributed by atoms with Gasteiger partial charge in [-0.25, -0.2) is 0 Å². The van der Waals surface area contributed by atoms with E-state index in [9.17, 15) is 4.79 Å². The number of piperidine rings is 1. The number of H-pyrrole nitrogens is 1. The number of nitrogens with zero attached hydrogens (tertiary/aromatic N) is 3. The van der Waals surface area contributed by atoms with Crippen molar-refractivity contribution in [3.63, 3.8) is 0 Å². The zero-order valence-corrected chi connectivity index (χ0v) is 14.6. The lowest BCUT2D eigenvalue weighted by Gasteiger charge is -2.36. The monoisotopic (exact) mass is 330 g/mol. The molecule has 1 amide bonds. The Labute approximate surface area is 142 Å². The Morgan fingerprint density at radius 3 is 2.75 bits per heavy atom. The van der Waals surface area contributed by atoms with Gasteiger partial charge in [-0.05, 0) is 43.8 Å². The number of anilines is 1. The Morgan fingerprint density at radius 1 is 1.38 bits per heavy atom. The lowest BCUT2D eigenvalue weighted by Crippen LogP contribution is -2.52. The second-order valence-corrected chi connectivity index (χ2v) is 7.70. The molecule has 1 fully saturated rings. The van der Waals surface area contributed by atoms with E-state index < -0.39 is 5.54 Å². The summed E-state index contributed by atoms with van der Waals surface area (Å²) < 4.78 is 1.78. The van der Waals surface area contributed by atoms with Gasteiger partial charge in [0.2, 0.25) is 0 Å². The Hall–Kier alpha value is -2.15. The van der Waals surface area contributed by atoms with Gasteiger partial charge in [-0.15, -0.1) is 0 Å². The summed E-state index contributed by atoms with van der Waals surface area (Å²) in [7, 11) is 0. The predicted octanol–water partition coefficient (Wildman–Crippen LogP) is 1.91. The van der Waals surface area contributed by atoms with Gasteiger partial charge in [-0.3, -0.25) is 14.6 Å². The molecule has 130 valence electrons. The van der Waals surface area contributed by atoms with Gasteiger partial charge in [0.25, 0.3) is 5.91 Å². The van der Waals surface area contributed by atoms with Gasteiger partial charge in [0.1, 0.15) is 5.54 Å². The molecule has 24 heavy (non-hydrogen) atoms. The van der Waals surface area contributed by atoms with Gasteiger partial charge in [-0.1, -0.05) is 20.8 Å². The first kappa shape index (κ1) is 16.7. The minimum absolute atomic E-state index is 0.0542. The molecule has 0 radical (unpaired) electrons. The van der Waals surface area contributed by atoms with Crippen LogP contribution in [0, 0.1) is 5.41 Å². The lowest BCUT2D eigenvalue weighted by molar-refractivity contribution is -0.126. The van der Waals surface area contributed by atoms with Crippen LogP contribution in [-0.4, -0.2) is 39.0 Å². The summed E-state index contributed by atoms with van der Waals surface area (Å²) in [6.45, 7) is 8.11. The number of carbonyl (C=O) groups is 1. The van der Waals surface area contributed by atoms with Crippen LogP contribution in [0.15, 0.2) is 24.5 Å². The van der Waals surface area contributed by atoms with Crippen molar-refractivity contribution < 1.29 is 4.79 Å². The molecule has 7 heteroatoms. The van der Waals surface area contributed by atoms with Gasteiger partial charge in [0.05, 0.1) is 0 Å². The second kappa shape index (κ2) is 6.39. The van der Waals surface area contributed by atoms with Crippen molar-refractivity contribution in [2.75, 3.05) is 18.4 Å². The molecule has 0 bridgehead atoms. The zero-order chi connectivity index (χ0) is 17.2. The Kier molecular flexibility index (Phi) is 4.45. The van der Waals surface area contributed by atoms with Crippen LogP contribution in [0.5, 0.6) is 0 Å². The van der Waals surface area contributed by atoms with Crippen molar-refractivity contribution in [3.8, 4) is 0 Å². The molecule has 2 aromatic rings. The van der Waals surface area contributed by atoms with E-state index in [0.29, 0.717) is 18.7 Å². The number of aromatic nitrogens is 4. The standard InChI is InChI=1S/C17H26N6O/c1-16(2,3)12-13-11-14(22-21-13)20-15(24)17(5-8-18-9-6-17)23-10-4-7-19-23/h4,7,10-11,18H,5-6,8-9,12H2,1-3H3,(H2,20,21,22,24). The summed E-state index contributed by atoms with van der Waals surface area (Å²) in [5.41, 5.74) is 0.535. The number of hydrogen-bond donors (Lipinski definition) is 3. The molecule has 3 rings (SSSR count). The fraction of sp³-hybridized carbons (Fsp3) is 0.588. The van der Waals surface area contributed by atoms with E-state index in [1.54, 1.807) is 10.9 Å². The van der Waals surface area contributed by atoms with Crippen molar-refractivity contribution in [3.05, 3.63) is 30.2 Å². The molecule has 7 nitrogen and oxygen atoms in total. The molecule has 1 aliphatic rings. The van der Waals surface area contributed by atoms with E-state index >= 15 is 0 Å². The van der Waals surface area contributed by atoms with E-state index in [-0.39, 0.29) is 11.3 Å². The maximum atomic E-state index is 13.0. The van der Waals surface area contributed by atoms with Crippen LogP contribution in [0.3, 0.4) is 0 Å². The fourth-order valence-corrected chi connectivity index (χ4v) is 3.24. The molecule has 0 aliphatic carbocycles. The number of hydrogen-bond acceptors (Lipinski definition) is 4. The van der Waals surface area contributed by atoms with Crippen molar-refractivity contribution in [1.29, 1.82) is 0 Å². The first-order valence-corrected chi connectivity index (χ1v) is 8.46. The molecule has 3 heterocycles. The van der Waals surface area contributed by atoms with Crippen LogP contribution in [0.25, 0.3) is 0 Å². The number of nitrogens with one attached hydrogen (secondary N) is 3. The third-order valence-electron chi connectivity index (χ3n) is 4.39. The van der Waals surface area contributed by atoms with E-state index in [4.69, 9.17) is 0 Å². The highest BCUT2D eigenvalue weighted by Gasteiger charge is 2.42. The highest BCUT2D eigenvalue weighted by atomic mass is 16.2. The van der Waals surface area contributed by atoms with E-state index in [1.165, 1.54) is 0 Å². The number of amides is 1. The van der Waals surface area contributed by atoms with E-state index in [0.717, 1.165) is 25.2 Å². The minimum Gasteiger partial charge on any atom is -0.317 e. The predicted molar refractivity (Wildman–Crippen MR) is 92.7 cm³/mol. The van der Waals surface area contributed by atoms with Gasteiger partial charge in [0.15, 0.2) is 5.82 Å². The quantitative estimate of drug-likeness (QED) is 0.799. The smallest absolute Gasteiger partial charge is 0.253 e. The van der Waals surface area contributed by atoms with Crippen molar-refractivity contribution >= 4 is 11.7 Å². The van der Waals surface area contributed by atoms with Gasteiger partial charge >= 0.3 is 0 Å². The third-order valence-corrected chi connectivity index (χ3v) is 4.39. The van der Waals surface area contributed by atoms with Gasteiger partial charge < -0.3 is 10.6 Å².